The van der Waals surface area contributed by atoms with Crippen LogP contribution in [0, 0.1) is 0 Å². The van der Waals surface area contributed by atoms with Gasteiger partial charge in [-0.25, -0.2) is 18.7 Å². The molecule has 0 bridgehead atoms. The number of hydrogen-bond donors (Lipinski definition) is 4. The molecule has 9 heteroatoms. The van der Waals surface area contributed by atoms with Gasteiger partial charge in [-0.15, -0.1) is 0 Å². The van der Waals surface area contributed by atoms with E-state index in [1.54, 1.807) is 0 Å². The van der Waals surface area contributed by atoms with Crippen LogP contribution in [0.2, 0.25) is 0 Å². The van der Waals surface area contributed by atoms with Crippen LogP contribution >= 0.6 is 0 Å². The molecule has 0 aliphatic carbocycles. The number of nitrogens with one attached hydrogen (secondary N) is 4. The van der Waals surface area contributed by atoms with Crippen LogP contribution < -0.4 is 21.7 Å². The lowest BCUT2D eigenvalue weighted by Crippen LogP contribution is -2.86. The molecule has 0 heterocycles. The molecule has 0 aliphatic heterocycles. The van der Waals surface area contributed by atoms with Crippen LogP contribution in [-0.4, -0.2) is 83.8 Å². The molecular formula is C8H28N8Si. The first-order valence-corrected chi connectivity index (χ1v) is 7.37. The van der Waals surface area contributed by atoms with E-state index >= 15 is 0 Å². The molecule has 0 rings (SSSR count). The predicted octanol–water partition coefficient (Wildman–Crippen LogP) is -2.31. The van der Waals surface area contributed by atoms with E-state index in [4.69, 9.17) is 0 Å². The molecule has 0 spiro atoms. The summed E-state index contributed by atoms with van der Waals surface area (Å²) in [7, 11) is 13.5. The summed E-state index contributed by atoms with van der Waals surface area (Å²) in [4.78, 5) is 0. The Kier molecular flexibility index (Phi) is 7.31. The van der Waals surface area contributed by atoms with Crippen molar-refractivity contribution in [1.82, 2.24) is 40.4 Å². The van der Waals surface area contributed by atoms with Crippen molar-refractivity contribution >= 4 is 8.72 Å². The molecule has 0 aromatic heterocycles. The molecule has 104 valence electrons. The summed E-state index contributed by atoms with van der Waals surface area (Å²) in [5.41, 5.74) is 12.8. The van der Waals surface area contributed by atoms with Gasteiger partial charge < -0.3 is 0 Å². The van der Waals surface area contributed by atoms with Crippen molar-refractivity contribution in [3.05, 3.63) is 0 Å². The zero-order valence-corrected chi connectivity index (χ0v) is 13.3. The minimum atomic E-state index is -2.32. The monoisotopic (exact) mass is 264 g/mol. The summed E-state index contributed by atoms with van der Waals surface area (Å²) in [5.74, 6) is 0. The predicted molar refractivity (Wildman–Crippen MR) is 73.0 cm³/mol. The van der Waals surface area contributed by atoms with E-state index in [1.807, 2.05) is 56.4 Å². The highest BCUT2D eigenvalue weighted by molar-refractivity contribution is 6.68. The van der Waals surface area contributed by atoms with Gasteiger partial charge in [0.05, 0.1) is 0 Å². The van der Waals surface area contributed by atoms with Gasteiger partial charge >= 0.3 is 8.72 Å². The van der Waals surface area contributed by atoms with Gasteiger partial charge in [0.1, 0.15) is 0 Å². The Hall–Kier alpha value is -0.103. The molecule has 0 atom stereocenters. The smallest absolute Gasteiger partial charge is 0.262 e. The second kappa shape index (κ2) is 7.36. The zero-order chi connectivity index (χ0) is 13.6. The van der Waals surface area contributed by atoms with Crippen molar-refractivity contribution in [1.29, 1.82) is 0 Å². The van der Waals surface area contributed by atoms with Gasteiger partial charge in [0.25, 0.3) is 0 Å². The van der Waals surface area contributed by atoms with Gasteiger partial charge in [-0.1, -0.05) is 0 Å². The Bertz CT molecular complexity index is 170. The van der Waals surface area contributed by atoms with Crippen molar-refractivity contribution in [2.24, 2.45) is 0 Å². The Morgan fingerprint density at radius 2 is 0.706 bits per heavy atom. The van der Waals surface area contributed by atoms with Crippen molar-refractivity contribution < 1.29 is 0 Å². The lowest BCUT2D eigenvalue weighted by molar-refractivity contribution is 0.140. The topological polar surface area (TPSA) is 61.1 Å². The van der Waals surface area contributed by atoms with Crippen LogP contribution in [-0.2, 0) is 0 Å². The van der Waals surface area contributed by atoms with E-state index in [-0.39, 0.29) is 0 Å². The van der Waals surface area contributed by atoms with E-state index in [2.05, 4.69) is 40.4 Å². The summed E-state index contributed by atoms with van der Waals surface area (Å²) in [6.07, 6.45) is 0. The molecule has 4 N–H and O–H groups in total. The van der Waals surface area contributed by atoms with Crippen LogP contribution in [0.5, 0.6) is 0 Å². The summed E-state index contributed by atoms with van der Waals surface area (Å²) in [5, 5.41) is 0. The number of hydrogen-bond acceptors (Lipinski definition) is 8. The molecule has 0 amide bonds. The third-order valence-electron chi connectivity index (χ3n) is 3.14. The fourth-order valence-corrected chi connectivity index (χ4v) is 5.85. The Morgan fingerprint density at radius 3 is 0.824 bits per heavy atom. The first-order valence-electron chi connectivity index (χ1n) is 5.58. The fraction of sp³-hybridized carbons (Fsp3) is 1.00. The third-order valence-corrected chi connectivity index (χ3v) is 7.64. The van der Waals surface area contributed by atoms with Crippen molar-refractivity contribution in [3.8, 4) is 0 Å². The van der Waals surface area contributed by atoms with Gasteiger partial charge in [0, 0.05) is 0 Å². The third kappa shape index (κ3) is 3.02. The maximum atomic E-state index is 3.20. The van der Waals surface area contributed by atoms with Crippen LogP contribution in [0.1, 0.15) is 0 Å². The molecule has 0 fully saturated rings. The van der Waals surface area contributed by atoms with Crippen molar-refractivity contribution in [3.63, 3.8) is 0 Å². The SMILES string of the molecule is CNN(C)[Si](N(C)NC)(N(C)NC)N(C)NC. The summed E-state index contributed by atoms with van der Waals surface area (Å²) in [6, 6.07) is 0. The molecule has 0 radical (unpaired) electrons. The first kappa shape index (κ1) is 16.9. The van der Waals surface area contributed by atoms with E-state index in [0.29, 0.717) is 0 Å². The molecule has 0 aromatic carbocycles. The van der Waals surface area contributed by atoms with E-state index < -0.39 is 8.72 Å². The summed E-state index contributed by atoms with van der Waals surface area (Å²) in [6.45, 7) is 0. The lowest BCUT2D eigenvalue weighted by atomic mass is 11.4. The highest BCUT2D eigenvalue weighted by Gasteiger charge is 2.52. The van der Waals surface area contributed by atoms with E-state index in [9.17, 15) is 0 Å². The van der Waals surface area contributed by atoms with Gasteiger partial charge in [-0.3, -0.25) is 21.7 Å². The Labute approximate surface area is 106 Å². The zero-order valence-electron chi connectivity index (χ0n) is 12.3. The van der Waals surface area contributed by atoms with Gasteiger partial charge in [0.15, 0.2) is 0 Å². The van der Waals surface area contributed by atoms with E-state index in [1.165, 1.54) is 0 Å². The normalized spacial score (nSPS) is 13.4. The number of rotatable bonds is 8. The average Bonchev–Trinajstić information content (AvgIpc) is 2.37. The minimum Gasteiger partial charge on any atom is -0.262 e. The average molecular weight is 264 g/mol. The van der Waals surface area contributed by atoms with Crippen LogP contribution in [0.4, 0.5) is 0 Å². The van der Waals surface area contributed by atoms with Crippen LogP contribution in [0.3, 0.4) is 0 Å². The number of nitrogens with zero attached hydrogens (tertiary/aromatic N) is 4. The van der Waals surface area contributed by atoms with Crippen molar-refractivity contribution in [2.75, 3.05) is 56.4 Å². The lowest BCUT2D eigenvalue weighted by Gasteiger charge is -2.52. The first-order chi connectivity index (χ1) is 7.93. The van der Waals surface area contributed by atoms with Crippen molar-refractivity contribution in [2.45, 2.75) is 0 Å². The quantitative estimate of drug-likeness (QED) is 0.288. The highest BCUT2D eigenvalue weighted by atomic mass is 28.4. The second-order valence-electron chi connectivity index (χ2n) is 3.73. The standard InChI is InChI=1S/C8H28N8Si/c1-9-13(5)17(14(6)10-2,15(7)11-3)16(8)12-4/h9-12H,1-8H3. The molecule has 0 aromatic rings. The van der Waals surface area contributed by atoms with E-state index in [0.717, 1.165) is 0 Å². The Balaban J connectivity index is 5.51. The maximum absolute atomic E-state index is 3.20. The van der Waals surface area contributed by atoms with Crippen LogP contribution in [0.15, 0.2) is 0 Å². The second-order valence-corrected chi connectivity index (χ2v) is 7.61. The number of hydrazine groups is 4. The minimum absolute atomic E-state index is 1.91. The molecular weight excluding hydrogens is 236 g/mol. The maximum Gasteiger partial charge on any atom is 0.431 e. The largest absolute Gasteiger partial charge is 0.431 e. The molecule has 17 heavy (non-hydrogen) atoms. The molecule has 0 aliphatic rings. The van der Waals surface area contributed by atoms with Gasteiger partial charge in [-0.05, 0) is 56.4 Å². The summed E-state index contributed by atoms with van der Waals surface area (Å²) < 4.78 is 8.43. The van der Waals surface area contributed by atoms with Gasteiger partial charge in [-0.2, -0.15) is 0 Å². The molecule has 0 unspecified atom stereocenters. The molecule has 0 saturated carbocycles. The Morgan fingerprint density at radius 1 is 0.529 bits per heavy atom. The molecule has 0 saturated heterocycles. The fourth-order valence-electron chi connectivity index (χ4n) is 1.95. The van der Waals surface area contributed by atoms with Crippen LogP contribution in [0.25, 0.3) is 0 Å². The molecule has 8 nitrogen and oxygen atoms in total. The highest BCUT2D eigenvalue weighted by Crippen LogP contribution is 2.13. The summed E-state index contributed by atoms with van der Waals surface area (Å²) >= 11 is 0. The van der Waals surface area contributed by atoms with Gasteiger partial charge in [0.2, 0.25) is 0 Å².